The molecule has 2 rings (SSSR count). The average Bonchev–Trinajstić information content (AvgIpc) is 2.81. The molecule has 0 heterocycles. The number of carboxylic acids is 1. The molecule has 4 atom stereocenters. The van der Waals surface area contributed by atoms with Crippen LogP contribution in [-0.4, -0.2) is 17.0 Å². The summed E-state index contributed by atoms with van der Waals surface area (Å²) in [6, 6.07) is 7.11. The lowest BCUT2D eigenvalue weighted by Crippen LogP contribution is -2.36. The number of nitrogens with one attached hydrogen (secondary N) is 1. The molecule has 0 spiro atoms. The summed E-state index contributed by atoms with van der Waals surface area (Å²) in [5.41, 5.74) is 0.911. The predicted octanol–water partition coefficient (Wildman–Crippen LogP) is 3.26. The van der Waals surface area contributed by atoms with Crippen molar-refractivity contribution in [2.45, 2.75) is 32.7 Å². The van der Waals surface area contributed by atoms with Crippen molar-refractivity contribution in [3.8, 4) is 0 Å². The van der Waals surface area contributed by atoms with Crippen molar-refractivity contribution < 1.29 is 14.7 Å². The number of carbonyl (C=O) groups is 2. The Hall–Kier alpha value is -1.55. The quantitative estimate of drug-likeness (QED) is 0.897. The monoisotopic (exact) mass is 309 g/mol. The van der Waals surface area contributed by atoms with Crippen LogP contribution >= 0.6 is 11.6 Å². The molecule has 1 aromatic carbocycles. The number of carbonyl (C=O) groups excluding carboxylic acids is 1. The minimum absolute atomic E-state index is 0.181. The van der Waals surface area contributed by atoms with Gasteiger partial charge in [-0.3, -0.25) is 9.59 Å². The molecule has 0 aliphatic heterocycles. The lowest BCUT2D eigenvalue weighted by Gasteiger charge is -2.20. The van der Waals surface area contributed by atoms with Crippen molar-refractivity contribution >= 4 is 23.5 Å². The first-order valence-electron chi connectivity index (χ1n) is 7.17. The first-order valence-corrected chi connectivity index (χ1v) is 7.55. The van der Waals surface area contributed by atoms with E-state index in [1.807, 2.05) is 26.0 Å². The normalized spacial score (nSPS) is 26.3. The fourth-order valence-corrected chi connectivity index (χ4v) is 3.23. The number of aliphatic carboxylic acids is 1. The molecule has 0 radical (unpaired) electrons. The Morgan fingerprint density at radius 3 is 2.62 bits per heavy atom. The van der Waals surface area contributed by atoms with E-state index in [0.717, 1.165) is 5.56 Å². The molecule has 0 aromatic heterocycles. The SMILES string of the molecule is CC1C[C@H](C(=O)N[C@H](C)c2cccc(Cl)c2)[C@H](C(=O)O)C1. The molecule has 5 heteroatoms. The standard InChI is InChI=1S/C16H20ClNO3/c1-9-6-13(14(7-9)16(20)21)15(19)18-10(2)11-4-3-5-12(17)8-11/h3-5,8-10,13-14H,6-7H2,1-2H3,(H,18,19)(H,20,21)/t9?,10-,13+,14-/m1/s1. The molecule has 1 aromatic rings. The molecule has 114 valence electrons. The van der Waals surface area contributed by atoms with Crippen LogP contribution in [-0.2, 0) is 9.59 Å². The van der Waals surface area contributed by atoms with Crippen LogP contribution in [0.1, 0.15) is 38.3 Å². The molecular formula is C16H20ClNO3. The van der Waals surface area contributed by atoms with Crippen molar-refractivity contribution in [1.82, 2.24) is 5.32 Å². The Kier molecular flexibility index (Phi) is 4.88. The van der Waals surface area contributed by atoms with Crippen LogP contribution in [0.5, 0.6) is 0 Å². The van der Waals surface area contributed by atoms with Gasteiger partial charge in [-0.2, -0.15) is 0 Å². The van der Waals surface area contributed by atoms with Crippen LogP contribution < -0.4 is 5.32 Å². The van der Waals surface area contributed by atoms with Crippen molar-refractivity contribution in [3.05, 3.63) is 34.9 Å². The van der Waals surface area contributed by atoms with Gasteiger partial charge in [0.05, 0.1) is 17.9 Å². The minimum Gasteiger partial charge on any atom is -0.481 e. The number of hydrogen-bond donors (Lipinski definition) is 2. The summed E-state index contributed by atoms with van der Waals surface area (Å²) in [6.45, 7) is 3.86. The van der Waals surface area contributed by atoms with Gasteiger partial charge in [-0.25, -0.2) is 0 Å². The topological polar surface area (TPSA) is 66.4 Å². The third-order valence-electron chi connectivity index (χ3n) is 4.16. The van der Waals surface area contributed by atoms with Crippen molar-refractivity contribution in [1.29, 1.82) is 0 Å². The maximum absolute atomic E-state index is 12.4. The highest BCUT2D eigenvalue weighted by molar-refractivity contribution is 6.30. The van der Waals surface area contributed by atoms with Crippen LogP contribution in [0.25, 0.3) is 0 Å². The van der Waals surface area contributed by atoms with E-state index >= 15 is 0 Å². The van der Waals surface area contributed by atoms with Gasteiger partial charge in [0.1, 0.15) is 0 Å². The summed E-state index contributed by atoms with van der Waals surface area (Å²) < 4.78 is 0. The summed E-state index contributed by atoms with van der Waals surface area (Å²) in [5, 5.41) is 12.8. The number of rotatable bonds is 4. The molecule has 21 heavy (non-hydrogen) atoms. The summed E-state index contributed by atoms with van der Waals surface area (Å²) in [4.78, 5) is 23.6. The molecule has 1 unspecified atom stereocenters. The summed E-state index contributed by atoms with van der Waals surface area (Å²) in [7, 11) is 0. The molecule has 0 saturated heterocycles. The Morgan fingerprint density at radius 2 is 2.00 bits per heavy atom. The highest BCUT2D eigenvalue weighted by Gasteiger charge is 2.41. The molecule has 2 N–H and O–H groups in total. The maximum atomic E-state index is 12.4. The van der Waals surface area contributed by atoms with Crippen LogP contribution in [0.15, 0.2) is 24.3 Å². The smallest absolute Gasteiger partial charge is 0.307 e. The van der Waals surface area contributed by atoms with E-state index in [0.29, 0.717) is 17.9 Å². The largest absolute Gasteiger partial charge is 0.481 e. The molecule has 1 aliphatic rings. The zero-order chi connectivity index (χ0) is 15.6. The molecule has 1 fully saturated rings. The molecular weight excluding hydrogens is 290 g/mol. The third kappa shape index (κ3) is 3.76. The number of carboxylic acid groups (broad SMARTS) is 1. The van der Waals surface area contributed by atoms with Crippen LogP contribution in [0.3, 0.4) is 0 Å². The van der Waals surface area contributed by atoms with Crippen LogP contribution in [0.2, 0.25) is 5.02 Å². The van der Waals surface area contributed by atoms with E-state index in [1.54, 1.807) is 12.1 Å². The molecule has 1 aliphatic carbocycles. The fourth-order valence-electron chi connectivity index (χ4n) is 3.03. The summed E-state index contributed by atoms with van der Waals surface area (Å²) in [6.07, 6.45) is 1.20. The van der Waals surface area contributed by atoms with Gasteiger partial charge >= 0.3 is 5.97 Å². The Balaban J connectivity index is 2.05. The Labute approximate surface area is 129 Å². The second-order valence-electron chi connectivity index (χ2n) is 5.91. The second kappa shape index (κ2) is 6.48. The first kappa shape index (κ1) is 15.8. The summed E-state index contributed by atoms with van der Waals surface area (Å²) >= 11 is 5.95. The zero-order valence-corrected chi connectivity index (χ0v) is 12.9. The van der Waals surface area contributed by atoms with E-state index < -0.39 is 17.8 Å². The van der Waals surface area contributed by atoms with Gasteiger partial charge in [0.2, 0.25) is 5.91 Å². The zero-order valence-electron chi connectivity index (χ0n) is 12.2. The lowest BCUT2D eigenvalue weighted by atomic mass is 9.94. The van der Waals surface area contributed by atoms with Crippen molar-refractivity contribution in [2.75, 3.05) is 0 Å². The number of amides is 1. The highest BCUT2D eigenvalue weighted by atomic mass is 35.5. The average molecular weight is 310 g/mol. The van der Waals surface area contributed by atoms with Crippen molar-refractivity contribution in [2.24, 2.45) is 17.8 Å². The molecule has 4 nitrogen and oxygen atoms in total. The summed E-state index contributed by atoms with van der Waals surface area (Å²) in [5.74, 6) is -1.82. The van der Waals surface area contributed by atoms with Gasteiger partial charge in [-0.15, -0.1) is 0 Å². The van der Waals surface area contributed by atoms with Gasteiger partial charge in [-0.05, 0) is 43.4 Å². The van der Waals surface area contributed by atoms with Gasteiger partial charge in [0.25, 0.3) is 0 Å². The Morgan fingerprint density at radius 1 is 1.33 bits per heavy atom. The lowest BCUT2D eigenvalue weighted by molar-refractivity contribution is -0.146. The minimum atomic E-state index is -0.880. The number of hydrogen-bond acceptors (Lipinski definition) is 2. The van der Waals surface area contributed by atoms with Gasteiger partial charge in [0.15, 0.2) is 0 Å². The van der Waals surface area contributed by atoms with Gasteiger partial charge < -0.3 is 10.4 Å². The number of halogens is 1. The van der Waals surface area contributed by atoms with E-state index in [1.165, 1.54) is 0 Å². The van der Waals surface area contributed by atoms with Gasteiger partial charge in [0, 0.05) is 5.02 Å². The maximum Gasteiger partial charge on any atom is 0.307 e. The van der Waals surface area contributed by atoms with E-state index in [2.05, 4.69) is 5.32 Å². The van der Waals surface area contributed by atoms with Crippen LogP contribution in [0.4, 0.5) is 0 Å². The predicted molar refractivity (Wildman–Crippen MR) is 81.0 cm³/mol. The van der Waals surface area contributed by atoms with E-state index in [4.69, 9.17) is 11.6 Å². The van der Waals surface area contributed by atoms with Crippen molar-refractivity contribution in [3.63, 3.8) is 0 Å². The third-order valence-corrected chi connectivity index (χ3v) is 4.39. The van der Waals surface area contributed by atoms with Crippen LogP contribution in [0, 0.1) is 17.8 Å². The van der Waals surface area contributed by atoms with E-state index in [-0.39, 0.29) is 17.9 Å². The Bertz CT molecular complexity index is 546. The molecule has 0 bridgehead atoms. The highest BCUT2D eigenvalue weighted by Crippen LogP contribution is 2.36. The van der Waals surface area contributed by atoms with E-state index in [9.17, 15) is 14.7 Å². The fraction of sp³-hybridized carbons (Fsp3) is 0.500. The second-order valence-corrected chi connectivity index (χ2v) is 6.35. The molecule has 1 saturated carbocycles. The molecule has 1 amide bonds. The number of benzene rings is 1. The van der Waals surface area contributed by atoms with Gasteiger partial charge in [-0.1, -0.05) is 30.7 Å². The first-order chi connectivity index (χ1) is 9.88.